The van der Waals surface area contributed by atoms with E-state index in [1.807, 2.05) is 51.8 Å². The molecule has 2 unspecified atom stereocenters. The highest BCUT2D eigenvalue weighted by atomic mass is 79.9. The lowest BCUT2D eigenvalue weighted by Crippen LogP contribution is -2.44. The van der Waals surface area contributed by atoms with Crippen LogP contribution >= 0.6 is 27.7 Å². The van der Waals surface area contributed by atoms with E-state index < -0.39 is 5.92 Å². The zero-order valence-electron chi connectivity index (χ0n) is 18.6. The Morgan fingerprint density at radius 2 is 2.09 bits per heavy atom. The van der Waals surface area contributed by atoms with Crippen molar-refractivity contribution in [2.45, 2.75) is 51.6 Å². The Balaban J connectivity index is 1.40. The van der Waals surface area contributed by atoms with Gasteiger partial charge in [-0.3, -0.25) is 14.3 Å². The third-order valence-corrected chi connectivity index (χ3v) is 8.15. The number of thioether (sulfide) groups is 1. The van der Waals surface area contributed by atoms with E-state index in [4.69, 9.17) is 0 Å². The summed E-state index contributed by atoms with van der Waals surface area (Å²) in [6.07, 6.45) is 4.45. The molecule has 9 heteroatoms. The number of nitrogens with zero attached hydrogens (tertiary/aromatic N) is 5. The predicted octanol–water partition coefficient (Wildman–Crippen LogP) is 3.94. The molecule has 1 aromatic heterocycles. The summed E-state index contributed by atoms with van der Waals surface area (Å²) in [6.45, 7) is 6.23. The Morgan fingerprint density at radius 1 is 1.28 bits per heavy atom. The first kappa shape index (κ1) is 23.3. The molecule has 172 valence electrons. The molecule has 2 fully saturated rings. The second-order valence-electron chi connectivity index (χ2n) is 8.54. The number of hydrogen-bond donors (Lipinski definition) is 0. The van der Waals surface area contributed by atoms with Crippen LogP contribution in [0.5, 0.6) is 0 Å². The molecule has 2 aliphatic heterocycles. The molecule has 4 rings (SSSR count). The molecule has 2 amide bonds. The van der Waals surface area contributed by atoms with Crippen molar-refractivity contribution in [3.05, 3.63) is 40.6 Å². The van der Waals surface area contributed by atoms with Crippen molar-refractivity contribution in [3.63, 3.8) is 0 Å². The highest BCUT2D eigenvalue weighted by Gasteiger charge is 2.42. The van der Waals surface area contributed by atoms with Gasteiger partial charge in [-0.05, 0) is 53.1 Å². The Labute approximate surface area is 202 Å². The number of likely N-dealkylation sites (tertiary alicyclic amines) is 1. The van der Waals surface area contributed by atoms with Crippen molar-refractivity contribution in [2.24, 2.45) is 5.92 Å². The summed E-state index contributed by atoms with van der Waals surface area (Å²) in [6, 6.07) is 7.72. The van der Waals surface area contributed by atoms with Gasteiger partial charge in [0, 0.05) is 35.4 Å². The van der Waals surface area contributed by atoms with Crippen molar-refractivity contribution >= 4 is 45.2 Å². The van der Waals surface area contributed by atoms with Gasteiger partial charge in [0.15, 0.2) is 0 Å². The summed E-state index contributed by atoms with van der Waals surface area (Å²) in [4.78, 5) is 30.1. The largest absolute Gasteiger partial charge is 0.337 e. The second-order valence-corrected chi connectivity index (χ2v) is 10.7. The Kier molecular flexibility index (Phi) is 7.55. The summed E-state index contributed by atoms with van der Waals surface area (Å²) in [5, 5.41) is 8.67. The van der Waals surface area contributed by atoms with Crippen molar-refractivity contribution < 1.29 is 9.59 Å². The molecule has 3 atom stereocenters. The summed E-state index contributed by atoms with van der Waals surface area (Å²) >= 11 is 5.43. The average Bonchev–Trinajstić information content (AvgIpc) is 3.53. The standard InChI is InChI=1S/C23H30BrN5O2S/c1-3-32-15-16(2)20-14-27(26-25-20)13-17-7-6-11-28(17)22(30)18-10-12-29(23(18)31)21-9-5-4-8-19(21)24/h4-5,8-9,14,16-18H,3,6-7,10-13,15H2,1-2H3/t16?,17-,18?/m0/s1. The van der Waals surface area contributed by atoms with Gasteiger partial charge in [0.05, 0.1) is 24.0 Å². The molecule has 7 nitrogen and oxygen atoms in total. The minimum absolute atomic E-state index is 0.0416. The van der Waals surface area contributed by atoms with Gasteiger partial charge in [0.2, 0.25) is 11.8 Å². The van der Waals surface area contributed by atoms with Gasteiger partial charge in [-0.25, -0.2) is 0 Å². The highest BCUT2D eigenvalue weighted by Crippen LogP contribution is 2.33. The van der Waals surface area contributed by atoms with Gasteiger partial charge in [-0.15, -0.1) is 5.10 Å². The number of anilines is 1. The maximum absolute atomic E-state index is 13.4. The fraction of sp³-hybridized carbons (Fsp3) is 0.565. The molecule has 1 aromatic carbocycles. The number of carbonyl (C=O) groups excluding carboxylic acids is 2. The van der Waals surface area contributed by atoms with E-state index in [0.29, 0.717) is 32.0 Å². The van der Waals surface area contributed by atoms with Crippen LogP contribution in [-0.2, 0) is 16.1 Å². The topological polar surface area (TPSA) is 71.3 Å². The molecule has 0 saturated carbocycles. The van der Waals surface area contributed by atoms with Crippen LogP contribution in [0.2, 0.25) is 0 Å². The van der Waals surface area contributed by atoms with Gasteiger partial charge < -0.3 is 9.80 Å². The molecule has 0 bridgehead atoms. The molecule has 2 saturated heterocycles. The van der Waals surface area contributed by atoms with E-state index in [9.17, 15) is 9.59 Å². The lowest BCUT2D eigenvalue weighted by atomic mass is 10.1. The Hall–Kier alpha value is -1.87. The molecular weight excluding hydrogens is 490 g/mol. The van der Waals surface area contributed by atoms with E-state index in [0.717, 1.165) is 40.2 Å². The van der Waals surface area contributed by atoms with E-state index >= 15 is 0 Å². The summed E-state index contributed by atoms with van der Waals surface area (Å²) < 4.78 is 2.73. The van der Waals surface area contributed by atoms with Crippen LogP contribution in [0.4, 0.5) is 5.69 Å². The van der Waals surface area contributed by atoms with Gasteiger partial charge >= 0.3 is 0 Å². The Bertz CT molecular complexity index is 967. The summed E-state index contributed by atoms with van der Waals surface area (Å²) in [5.41, 5.74) is 1.83. The smallest absolute Gasteiger partial charge is 0.239 e. The summed E-state index contributed by atoms with van der Waals surface area (Å²) in [7, 11) is 0. The zero-order valence-corrected chi connectivity index (χ0v) is 21.0. The highest BCUT2D eigenvalue weighted by molar-refractivity contribution is 9.10. The molecule has 0 N–H and O–H groups in total. The first-order chi connectivity index (χ1) is 15.5. The van der Waals surface area contributed by atoms with Crippen molar-refractivity contribution in [3.8, 4) is 0 Å². The van der Waals surface area contributed by atoms with E-state index in [2.05, 4.69) is 40.1 Å². The quantitative estimate of drug-likeness (QED) is 0.494. The molecule has 2 aromatic rings. The fourth-order valence-corrected chi connectivity index (χ4v) is 5.82. The number of halogens is 1. The van der Waals surface area contributed by atoms with Gasteiger partial charge in [0.1, 0.15) is 5.92 Å². The van der Waals surface area contributed by atoms with Crippen molar-refractivity contribution in [1.29, 1.82) is 0 Å². The minimum Gasteiger partial charge on any atom is -0.337 e. The van der Waals surface area contributed by atoms with E-state index in [-0.39, 0.29) is 17.9 Å². The van der Waals surface area contributed by atoms with Gasteiger partial charge in [0.25, 0.3) is 0 Å². The molecule has 0 radical (unpaired) electrons. The molecule has 2 aliphatic rings. The predicted molar refractivity (Wildman–Crippen MR) is 131 cm³/mol. The van der Waals surface area contributed by atoms with Gasteiger partial charge in [-0.1, -0.05) is 31.2 Å². The van der Waals surface area contributed by atoms with Crippen molar-refractivity contribution in [2.75, 3.05) is 29.5 Å². The maximum atomic E-state index is 13.4. The number of rotatable bonds is 8. The number of hydrogen-bond acceptors (Lipinski definition) is 5. The van der Waals surface area contributed by atoms with Crippen LogP contribution < -0.4 is 4.90 Å². The average molecular weight is 520 g/mol. The number of para-hydroxylation sites is 1. The van der Waals surface area contributed by atoms with Crippen LogP contribution in [0.15, 0.2) is 34.9 Å². The van der Waals surface area contributed by atoms with E-state index in [1.54, 1.807) is 4.90 Å². The number of carbonyl (C=O) groups is 2. The summed E-state index contributed by atoms with van der Waals surface area (Å²) in [5.74, 6) is 1.74. The minimum atomic E-state index is -0.597. The fourth-order valence-electron chi connectivity index (χ4n) is 4.56. The molecule has 0 aliphatic carbocycles. The maximum Gasteiger partial charge on any atom is 0.239 e. The number of benzene rings is 1. The first-order valence-electron chi connectivity index (χ1n) is 11.3. The lowest BCUT2D eigenvalue weighted by Gasteiger charge is -2.27. The molecular formula is C23H30BrN5O2S. The second kappa shape index (κ2) is 10.4. The van der Waals surface area contributed by atoms with Crippen LogP contribution in [-0.4, -0.2) is 62.3 Å². The normalized spacial score (nSPS) is 22.0. The van der Waals surface area contributed by atoms with Crippen molar-refractivity contribution in [1.82, 2.24) is 19.9 Å². The number of aromatic nitrogens is 3. The molecule has 0 spiro atoms. The van der Waals surface area contributed by atoms with Crippen LogP contribution in [0.3, 0.4) is 0 Å². The van der Waals surface area contributed by atoms with Crippen LogP contribution in [0.1, 0.15) is 44.7 Å². The SMILES string of the molecule is CCSCC(C)c1cn(C[C@@H]2CCCN2C(=O)C2CCN(c3ccccc3Br)C2=O)nn1. The van der Waals surface area contributed by atoms with Crippen LogP contribution in [0, 0.1) is 5.92 Å². The monoisotopic (exact) mass is 519 g/mol. The third kappa shape index (κ3) is 4.88. The van der Waals surface area contributed by atoms with Crippen LogP contribution in [0.25, 0.3) is 0 Å². The zero-order chi connectivity index (χ0) is 22.7. The lowest BCUT2D eigenvalue weighted by molar-refractivity contribution is -0.140. The molecule has 32 heavy (non-hydrogen) atoms. The van der Waals surface area contributed by atoms with E-state index in [1.165, 1.54) is 0 Å². The first-order valence-corrected chi connectivity index (χ1v) is 13.3. The van der Waals surface area contributed by atoms with Gasteiger partial charge in [-0.2, -0.15) is 11.8 Å². The number of amides is 2. The third-order valence-electron chi connectivity index (χ3n) is 6.34. The Morgan fingerprint density at radius 3 is 2.88 bits per heavy atom. The molecule has 3 heterocycles.